The number of aliphatic hydroxyl groups excluding tert-OH is 1. The Balaban J connectivity index is 1.67. The molecule has 0 aliphatic carbocycles. The molecule has 25 heavy (non-hydrogen) atoms. The smallest absolute Gasteiger partial charge is 0.182 e. The van der Waals surface area contributed by atoms with Gasteiger partial charge in [-0.25, -0.2) is 8.42 Å². The van der Waals surface area contributed by atoms with Gasteiger partial charge < -0.3 is 5.11 Å². The van der Waals surface area contributed by atoms with E-state index in [1.54, 1.807) is 24.3 Å². The van der Waals surface area contributed by atoms with E-state index in [2.05, 4.69) is 17.0 Å². The molecule has 0 saturated carbocycles. The van der Waals surface area contributed by atoms with Crippen LogP contribution in [0, 0.1) is 0 Å². The summed E-state index contributed by atoms with van der Waals surface area (Å²) in [6.07, 6.45) is 1.55. The number of aliphatic hydroxyl groups is 1. The van der Waals surface area contributed by atoms with Crippen LogP contribution in [0.2, 0.25) is 0 Å². The first-order valence-electron chi connectivity index (χ1n) is 8.84. The van der Waals surface area contributed by atoms with Crippen molar-refractivity contribution in [3.8, 4) is 0 Å². The quantitative estimate of drug-likeness (QED) is 0.914. The number of rotatable bonds is 4. The molecule has 4 rings (SSSR count). The Hall–Kier alpha value is -1.69. The van der Waals surface area contributed by atoms with Crippen molar-refractivity contribution in [3.05, 3.63) is 66.2 Å². The lowest BCUT2D eigenvalue weighted by molar-refractivity contribution is 0.0103. The molecule has 5 heteroatoms. The third-order valence-electron chi connectivity index (χ3n) is 5.61. The van der Waals surface area contributed by atoms with Crippen molar-refractivity contribution in [2.75, 3.05) is 0 Å². The van der Waals surface area contributed by atoms with Gasteiger partial charge in [0.25, 0.3) is 0 Å². The molecule has 4 atom stereocenters. The van der Waals surface area contributed by atoms with Crippen LogP contribution in [0.3, 0.4) is 0 Å². The molecular weight excluding hydrogens is 334 g/mol. The fourth-order valence-electron chi connectivity index (χ4n) is 4.41. The number of sulfone groups is 1. The van der Waals surface area contributed by atoms with Gasteiger partial charge in [0, 0.05) is 12.6 Å². The number of nitrogens with zero attached hydrogens (tertiary/aromatic N) is 1. The molecule has 1 N–H and O–H groups in total. The van der Waals surface area contributed by atoms with Crippen LogP contribution in [0.15, 0.2) is 65.6 Å². The van der Waals surface area contributed by atoms with Crippen molar-refractivity contribution in [3.63, 3.8) is 0 Å². The van der Waals surface area contributed by atoms with Crippen LogP contribution >= 0.6 is 0 Å². The SMILES string of the molecule is O=S(=O)(c1ccccc1)C1CC2CC[C@@H](O)C1N2Cc1ccccc1. The molecule has 2 fully saturated rings. The standard InChI is InChI=1S/C20H23NO3S/c22-18-12-11-16-13-19(25(23,24)17-9-5-2-6-10-17)20(18)21(16)14-15-7-3-1-4-8-15/h1-10,16,18-20,22H,11-14H2/t16?,18-,19?,20?/m1/s1. The lowest BCUT2D eigenvalue weighted by Crippen LogP contribution is -2.51. The van der Waals surface area contributed by atoms with Gasteiger partial charge in [-0.1, -0.05) is 48.5 Å². The Morgan fingerprint density at radius 3 is 2.28 bits per heavy atom. The summed E-state index contributed by atoms with van der Waals surface area (Å²) in [4.78, 5) is 2.58. The minimum Gasteiger partial charge on any atom is -0.391 e. The van der Waals surface area contributed by atoms with Crippen LogP contribution < -0.4 is 0 Å². The highest BCUT2D eigenvalue weighted by Crippen LogP contribution is 2.41. The largest absolute Gasteiger partial charge is 0.391 e. The van der Waals surface area contributed by atoms with Crippen LogP contribution in [0.25, 0.3) is 0 Å². The highest BCUT2D eigenvalue weighted by molar-refractivity contribution is 7.92. The van der Waals surface area contributed by atoms with Gasteiger partial charge in [-0.2, -0.15) is 0 Å². The summed E-state index contributed by atoms with van der Waals surface area (Å²) >= 11 is 0. The predicted octanol–water partition coefficient (Wildman–Crippen LogP) is 2.63. The van der Waals surface area contributed by atoms with Crippen LogP contribution in [-0.4, -0.2) is 41.9 Å². The maximum absolute atomic E-state index is 13.2. The minimum atomic E-state index is -3.45. The lowest BCUT2D eigenvalue weighted by atomic mass is 9.99. The number of benzene rings is 2. The fraction of sp³-hybridized carbons (Fsp3) is 0.400. The Bertz CT molecular complexity index is 823. The molecule has 3 unspecified atom stereocenters. The summed E-state index contributed by atoms with van der Waals surface area (Å²) in [6, 6.07) is 18.6. The van der Waals surface area contributed by atoms with E-state index in [0.717, 1.165) is 12.0 Å². The van der Waals surface area contributed by atoms with Crippen LogP contribution in [0.4, 0.5) is 0 Å². The van der Waals surface area contributed by atoms with Gasteiger partial charge in [0.05, 0.1) is 22.3 Å². The van der Waals surface area contributed by atoms with Gasteiger partial charge in [-0.3, -0.25) is 4.90 Å². The van der Waals surface area contributed by atoms with Crippen LogP contribution in [0.1, 0.15) is 24.8 Å². The maximum Gasteiger partial charge on any atom is 0.182 e. The van der Waals surface area contributed by atoms with Gasteiger partial charge in [0.15, 0.2) is 9.84 Å². The van der Waals surface area contributed by atoms with Gasteiger partial charge in [-0.15, -0.1) is 0 Å². The summed E-state index contributed by atoms with van der Waals surface area (Å²) in [5, 5.41) is 10.1. The number of fused-ring (bicyclic) bond motifs is 2. The highest BCUT2D eigenvalue weighted by atomic mass is 32.2. The number of hydrogen-bond donors (Lipinski definition) is 1. The zero-order chi connectivity index (χ0) is 17.4. The molecule has 0 aromatic heterocycles. The highest BCUT2D eigenvalue weighted by Gasteiger charge is 2.52. The second-order valence-corrected chi connectivity index (χ2v) is 9.25. The average Bonchev–Trinajstić information content (AvgIpc) is 2.90. The van der Waals surface area contributed by atoms with E-state index in [4.69, 9.17) is 0 Å². The van der Waals surface area contributed by atoms with Crippen molar-refractivity contribution >= 4 is 9.84 Å². The summed E-state index contributed by atoms with van der Waals surface area (Å²) in [7, 11) is -3.45. The number of hydrogen-bond acceptors (Lipinski definition) is 4. The first-order chi connectivity index (χ1) is 12.1. The fourth-order valence-corrected chi connectivity index (χ4v) is 6.48. The van der Waals surface area contributed by atoms with Gasteiger partial charge in [0.2, 0.25) is 0 Å². The molecule has 2 aromatic carbocycles. The lowest BCUT2D eigenvalue weighted by Gasteiger charge is -2.38. The molecule has 2 aromatic rings. The second kappa shape index (κ2) is 6.56. The van der Waals surface area contributed by atoms with E-state index in [1.165, 1.54) is 0 Å². The van der Waals surface area contributed by atoms with E-state index in [1.807, 2.05) is 24.3 Å². The zero-order valence-corrected chi connectivity index (χ0v) is 14.8. The third-order valence-corrected chi connectivity index (χ3v) is 7.80. The van der Waals surface area contributed by atoms with Crippen molar-refractivity contribution in [2.24, 2.45) is 0 Å². The van der Waals surface area contributed by atoms with Crippen molar-refractivity contribution < 1.29 is 13.5 Å². The molecule has 0 spiro atoms. The Morgan fingerprint density at radius 1 is 0.960 bits per heavy atom. The monoisotopic (exact) mass is 357 g/mol. The summed E-state index contributed by atoms with van der Waals surface area (Å²) in [5.41, 5.74) is 1.16. The van der Waals surface area contributed by atoms with Gasteiger partial charge >= 0.3 is 0 Å². The molecule has 2 heterocycles. The third kappa shape index (κ3) is 3.01. The van der Waals surface area contributed by atoms with E-state index < -0.39 is 21.2 Å². The first kappa shape index (κ1) is 16.8. The average molecular weight is 357 g/mol. The zero-order valence-electron chi connectivity index (χ0n) is 14.0. The molecular formula is C20H23NO3S. The van der Waals surface area contributed by atoms with E-state index in [0.29, 0.717) is 24.3 Å². The summed E-state index contributed by atoms with van der Waals surface area (Å²) in [5.74, 6) is 0. The van der Waals surface area contributed by atoms with Gasteiger partial charge in [-0.05, 0) is 37.0 Å². The second-order valence-electron chi connectivity index (χ2n) is 7.08. The first-order valence-corrected chi connectivity index (χ1v) is 10.4. The van der Waals surface area contributed by atoms with Crippen LogP contribution in [0.5, 0.6) is 0 Å². The van der Waals surface area contributed by atoms with Crippen molar-refractivity contribution in [1.29, 1.82) is 0 Å². The molecule has 2 saturated heterocycles. The topological polar surface area (TPSA) is 57.6 Å². The van der Waals surface area contributed by atoms with Gasteiger partial charge in [0.1, 0.15) is 0 Å². The van der Waals surface area contributed by atoms with Crippen molar-refractivity contribution in [2.45, 2.75) is 54.1 Å². The van der Waals surface area contributed by atoms with Crippen molar-refractivity contribution in [1.82, 2.24) is 4.90 Å². The molecule has 2 aliphatic rings. The van der Waals surface area contributed by atoms with Crippen LogP contribution in [-0.2, 0) is 16.4 Å². The Morgan fingerprint density at radius 2 is 1.60 bits per heavy atom. The molecule has 0 radical (unpaired) electrons. The Labute approximate surface area is 149 Å². The van der Waals surface area contributed by atoms with E-state index >= 15 is 0 Å². The summed E-state index contributed by atoms with van der Waals surface area (Å²) in [6.45, 7) is 0.689. The number of piperidine rings is 1. The predicted molar refractivity (Wildman–Crippen MR) is 96.8 cm³/mol. The van der Waals surface area contributed by atoms with E-state index in [9.17, 15) is 13.5 Å². The molecule has 4 nitrogen and oxygen atoms in total. The molecule has 0 amide bonds. The molecule has 2 aliphatic heterocycles. The molecule has 2 bridgehead atoms. The Kier molecular flexibility index (Phi) is 4.40. The molecule has 132 valence electrons. The minimum absolute atomic E-state index is 0.220. The van der Waals surface area contributed by atoms with E-state index in [-0.39, 0.29) is 12.1 Å². The summed E-state index contributed by atoms with van der Waals surface area (Å²) < 4.78 is 26.4. The normalized spacial score (nSPS) is 29.6. The maximum atomic E-state index is 13.2.